The van der Waals surface area contributed by atoms with Crippen LogP contribution in [0.15, 0.2) is 48.5 Å². The van der Waals surface area contributed by atoms with Crippen LogP contribution in [0.2, 0.25) is 0 Å². The molecule has 0 saturated heterocycles. The maximum absolute atomic E-state index is 12.6. The number of hydrogen-bond acceptors (Lipinski definition) is 3. The molecule has 0 spiro atoms. The Morgan fingerprint density at radius 1 is 0.923 bits per heavy atom. The molecule has 0 fully saturated rings. The molecule has 2 aromatic rings. The number of methoxy groups -OCH3 is 1. The van der Waals surface area contributed by atoms with Crippen molar-refractivity contribution >= 4 is 5.91 Å². The Balaban J connectivity index is 2.08. The zero-order valence-corrected chi connectivity index (χ0v) is 16.0. The SMILES string of the molecule is CCCN(CCC)C(=O)Cc1ccc(OC)c(OCc2ccccc2)c1. The molecule has 0 aliphatic rings. The van der Waals surface area contributed by atoms with Crippen LogP contribution in [0, 0.1) is 0 Å². The second-order valence-corrected chi connectivity index (χ2v) is 6.32. The van der Waals surface area contributed by atoms with E-state index < -0.39 is 0 Å². The molecule has 0 saturated carbocycles. The van der Waals surface area contributed by atoms with Crippen LogP contribution in [0.5, 0.6) is 11.5 Å². The van der Waals surface area contributed by atoms with Gasteiger partial charge in [-0.05, 0) is 36.1 Å². The topological polar surface area (TPSA) is 38.8 Å². The highest BCUT2D eigenvalue weighted by atomic mass is 16.5. The summed E-state index contributed by atoms with van der Waals surface area (Å²) in [6.45, 7) is 6.27. The summed E-state index contributed by atoms with van der Waals surface area (Å²) in [7, 11) is 1.62. The molecule has 0 N–H and O–H groups in total. The van der Waals surface area contributed by atoms with E-state index in [2.05, 4.69) is 13.8 Å². The molecule has 0 atom stereocenters. The largest absolute Gasteiger partial charge is 0.493 e. The first-order valence-electron chi connectivity index (χ1n) is 9.29. The fourth-order valence-electron chi connectivity index (χ4n) is 2.87. The standard InChI is InChI=1S/C22H29NO3/c1-4-13-23(14-5-2)22(24)16-19-11-12-20(25-3)21(15-19)26-17-18-9-7-6-8-10-18/h6-12,15H,4-5,13-14,16-17H2,1-3H3. The monoisotopic (exact) mass is 355 g/mol. The number of hydrogen-bond donors (Lipinski definition) is 0. The normalized spacial score (nSPS) is 10.4. The Morgan fingerprint density at radius 3 is 2.23 bits per heavy atom. The van der Waals surface area contributed by atoms with E-state index in [-0.39, 0.29) is 5.91 Å². The summed E-state index contributed by atoms with van der Waals surface area (Å²) in [5.41, 5.74) is 2.03. The molecule has 0 radical (unpaired) electrons. The van der Waals surface area contributed by atoms with Crippen molar-refractivity contribution < 1.29 is 14.3 Å². The van der Waals surface area contributed by atoms with Gasteiger partial charge in [-0.3, -0.25) is 4.79 Å². The van der Waals surface area contributed by atoms with Gasteiger partial charge in [-0.2, -0.15) is 0 Å². The van der Waals surface area contributed by atoms with Gasteiger partial charge in [-0.15, -0.1) is 0 Å². The highest BCUT2D eigenvalue weighted by Gasteiger charge is 2.14. The highest BCUT2D eigenvalue weighted by molar-refractivity contribution is 5.79. The minimum absolute atomic E-state index is 0.160. The summed E-state index contributed by atoms with van der Waals surface area (Å²) in [5, 5.41) is 0. The van der Waals surface area contributed by atoms with Crippen LogP contribution in [0.1, 0.15) is 37.8 Å². The molecule has 0 heterocycles. The van der Waals surface area contributed by atoms with Crippen molar-refractivity contribution in [3.63, 3.8) is 0 Å². The van der Waals surface area contributed by atoms with Gasteiger partial charge in [-0.1, -0.05) is 50.2 Å². The summed E-state index contributed by atoms with van der Waals surface area (Å²) in [6, 6.07) is 15.7. The van der Waals surface area contributed by atoms with E-state index in [1.165, 1.54) is 0 Å². The van der Waals surface area contributed by atoms with Gasteiger partial charge in [0.05, 0.1) is 13.5 Å². The lowest BCUT2D eigenvalue weighted by Crippen LogP contribution is -2.33. The van der Waals surface area contributed by atoms with Gasteiger partial charge < -0.3 is 14.4 Å². The van der Waals surface area contributed by atoms with Crippen LogP contribution in [0.3, 0.4) is 0 Å². The van der Waals surface area contributed by atoms with Crippen LogP contribution < -0.4 is 9.47 Å². The van der Waals surface area contributed by atoms with Crippen molar-refractivity contribution in [3.05, 3.63) is 59.7 Å². The third kappa shape index (κ3) is 5.80. The van der Waals surface area contributed by atoms with Crippen LogP contribution in [0.4, 0.5) is 0 Å². The lowest BCUT2D eigenvalue weighted by Gasteiger charge is -2.21. The first-order chi connectivity index (χ1) is 12.7. The quantitative estimate of drug-likeness (QED) is 0.631. The predicted octanol–water partition coefficient (Wildman–Crippen LogP) is 4.47. The molecule has 0 bridgehead atoms. The van der Waals surface area contributed by atoms with Gasteiger partial charge in [0.1, 0.15) is 6.61 Å². The Morgan fingerprint density at radius 2 is 1.62 bits per heavy atom. The van der Waals surface area contributed by atoms with Gasteiger partial charge in [0.25, 0.3) is 0 Å². The van der Waals surface area contributed by atoms with Crippen LogP contribution in [0.25, 0.3) is 0 Å². The van der Waals surface area contributed by atoms with Crippen molar-refractivity contribution in [3.8, 4) is 11.5 Å². The summed E-state index contributed by atoms with van der Waals surface area (Å²) < 4.78 is 11.3. The molecule has 0 unspecified atom stereocenters. The van der Waals surface area contributed by atoms with Crippen LogP contribution in [-0.4, -0.2) is 31.0 Å². The van der Waals surface area contributed by atoms with Gasteiger partial charge in [-0.25, -0.2) is 0 Å². The van der Waals surface area contributed by atoms with E-state index in [0.29, 0.717) is 24.5 Å². The number of carbonyl (C=O) groups is 1. The van der Waals surface area contributed by atoms with Gasteiger partial charge in [0, 0.05) is 13.1 Å². The molecular formula is C22H29NO3. The summed E-state index contributed by atoms with van der Waals surface area (Å²) in [5.74, 6) is 1.50. The molecule has 0 aliphatic carbocycles. The Bertz CT molecular complexity index is 679. The molecule has 0 aliphatic heterocycles. The lowest BCUT2D eigenvalue weighted by molar-refractivity contribution is -0.130. The number of rotatable bonds is 10. The zero-order chi connectivity index (χ0) is 18.8. The van der Waals surface area contributed by atoms with Crippen molar-refractivity contribution in [1.82, 2.24) is 4.90 Å². The number of carbonyl (C=O) groups excluding carboxylic acids is 1. The van der Waals surface area contributed by atoms with E-state index in [9.17, 15) is 4.79 Å². The molecular weight excluding hydrogens is 326 g/mol. The molecule has 4 heteroatoms. The molecule has 0 aromatic heterocycles. The van der Waals surface area contributed by atoms with Crippen molar-refractivity contribution in [1.29, 1.82) is 0 Å². The molecule has 2 rings (SSSR count). The van der Waals surface area contributed by atoms with E-state index in [4.69, 9.17) is 9.47 Å². The lowest BCUT2D eigenvalue weighted by atomic mass is 10.1. The first kappa shape index (κ1) is 19.8. The average Bonchev–Trinajstić information content (AvgIpc) is 2.67. The summed E-state index contributed by atoms with van der Waals surface area (Å²) in [6.07, 6.45) is 2.32. The van der Waals surface area contributed by atoms with Crippen molar-refractivity contribution in [2.45, 2.75) is 39.7 Å². The number of benzene rings is 2. The maximum Gasteiger partial charge on any atom is 0.226 e. The van der Waals surface area contributed by atoms with Gasteiger partial charge in [0.15, 0.2) is 11.5 Å². The Hall–Kier alpha value is -2.49. The number of amides is 1. The van der Waals surface area contributed by atoms with E-state index in [0.717, 1.165) is 37.1 Å². The second kappa shape index (κ2) is 10.5. The first-order valence-corrected chi connectivity index (χ1v) is 9.29. The number of ether oxygens (including phenoxy) is 2. The van der Waals surface area contributed by atoms with E-state index in [1.54, 1.807) is 7.11 Å². The third-order valence-corrected chi connectivity index (χ3v) is 4.16. The number of nitrogens with zero attached hydrogens (tertiary/aromatic N) is 1. The predicted molar refractivity (Wildman–Crippen MR) is 105 cm³/mol. The van der Waals surface area contributed by atoms with Gasteiger partial charge in [0.2, 0.25) is 5.91 Å². The third-order valence-electron chi connectivity index (χ3n) is 4.16. The second-order valence-electron chi connectivity index (χ2n) is 6.32. The smallest absolute Gasteiger partial charge is 0.226 e. The van der Waals surface area contributed by atoms with Crippen molar-refractivity contribution in [2.24, 2.45) is 0 Å². The Kier molecular flexibility index (Phi) is 8.00. The minimum atomic E-state index is 0.160. The van der Waals surface area contributed by atoms with E-state index >= 15 is 0 Å². The summed E-state index contributed by atoms with van der Waals surface area (Å²) in [4.78, 5) is 14.5. The Labute approximate surface area is 156 Å². The van der Waals surface area contributed by atoms with Crippen LogP contribution in [-0.2, 0) is 17.8 Å². The fraction of sp³-hybridized carbons (Fsp3) is 0.409. The zero-order valence-electron chi connectivity index (χ0n) is 16.0. The molecule has 26 heavy (non-hydrogen) atoms. The molecule has 2 aromatic carbocycles. The highest BCUT2D eigenvalue weighted by Crippen LogP contribution is 2.29. The average molecular weight is 355 g/mol. The van der Waals surface area contributed by atoms with Crippen LogP contribution >= 0.6 is 0 Å². The maximum atomic E-state index is 12.6. The molecule has 4 nitrogen and oxygen atoms in total. The molecule has 140 valence electrons. The van der Waals surface area contributed by atoms with E-state index in [1.807, 2.05) is 53.4 Å². The summed E-state index contributed by atoms with van der Waals surface area (Å²) >= 11 is 0. The fourth-order valence-corrected chi connectivity index (χ4v) is 2.87. The minimum Gasteiger partial charge on any atom is -0.493 e. The van der Waals surface area contributed by atoms with Crippen molar-refractivity contribution in [2.75, 3.05) is 20.2 Å². The molecule has 1 amide bonds. The van der Waals surface area contributed by atoms with Gasteiger partial charge >= 0.3 is 0 Å².